The van der Waals surface area contributed by atoms with Crippen LogP contribution < -0.4 is 4.74 Å². The van der Waals surface area contributed by atoms with Crippen molar-refractivity contribution in [2.24, 2.45) is 11.8 Å². The van der Waals surface area contributed by atoms with Crippen LogP contribution in [0.25, 0.3) is 0 Å². The maximum atomic E-state index is 6.36. The molecule has 1 saturated heterocycles. The van der Waals surface area contributed by atoms with Gasteiger partial charge in [0.05, 0.1) is 19.3 Å². The largest absolute Gasteiger partial charge is 0.497 e. The van der Waals surface area contributed by atoms with Crippen LogP contribution in [0.4, 0.5) is 0 Å². The first kappa shape index (κ1) is 15.1. The fraction of sp³-hybridized carbons (Fsp3) is 0.600. The summed E-state index contributed by atoms with van der Waals surface area (Å²) in [4.78, 5) is 0.195. The van der Waals surface area contributed by atoms with Gasteiger partial charge in [-0.2, -0.15) is 0 Å². The van der Waals surface area contributed by atoms with E-state index >= 15 is 0 Å². The molecule has 1 aliphatic rings. The van der Waals surface area contributed by atoms with Crippen molar-refractivity contribution >= 4 is 27.5 Å². The molecule has 0 bridgehead atoms. The normalized spacial score (nSPS) is 32.3. The SMILES string of the molecule is COc1ccc(C(Br)C2C(C)OC(C)C2C)c(Cl)c1. The van der Waals surface area contributed by atoms with Crippen LogP contribution in [0.5, 0.6) is 5.75 Å². The molecule has 0 amide bonds. The molecule has 0 saturated carbocycles. The molecule has 1 heterocycles. The zero-order chi connectivity index (χ0) is 14.2. The van der Waals surface area contributed by atoms with Gasteiger partial charge in [0.2, 0.25) is 0 Å². The van der Waals surface area contributed by atoms with E-state index in [1.165, 1.54) is 0 Å². The van der Waals surface area contributed by atoms with Gasteiger partial charge in [-0.3, -0.25) is 0 Å². The average Bonchev–Trinajstić information content (AvgIpc) is 2.62. The molecule has 4 heteroatoms. The molecule has 19 heavy (non-hydrogen) atoms. The smallest absolute Gasteiger partial charge is 0.120 e. The third-order valence-electron chi connectivity index (χ3n) is 4.16. The second-order valence-corrected chi connectivity index (χ2v) is 6.67. The predicted octanol–water partition coefficient (Wildman–Crippen LogP) is 4.84. The van der Waals surface area contributed by atoms with E-state index in [0.29, 0.717) is 11.8 Å². The summed E-state index contributed by atoms with van der Waals surface area (Å²) in [5.74, 6) is 1.70. The van der Waals surface area contributed by atoms with Crippen molar-refractivity contribution in [3.8, 4) is 5.75 Å². The minimum atomic E-state index is 0.195. The maximum Gasteiger partial charge on any atom is 0.120 e. The summed E-state index contributed by atoms with van der Waals surface area (Å²) in [5.41, 5.74) is 1.10. The van der Waals surface area contributed by atoms with Crippen LogP contribution in [0.3, 0.4) is 0 Å². The van der Waals surface area contributed by atoms with Crippen molar-refractivity contribution in [2.45, 2.75) is 37.8 Å². The third-order valence-corrected chi connectivity index (χ3v) is 5.59. The molecule has 1 aromatic rings. The van der Waals surface area contributed by atoms with E-state index in [0.717, 1.165) is 16.3 Å². The monoisotopic (exact) mass is 346 g/mol. The highest BCUT2D eigenvalue weighted by Crippen LogP contribution is 2.46. The van der Waals surface area contributed by atoms with Gasteiger partial charge in [0.25, 0.3) is 0 Å². The van der Waals surface area contributed by atoms with Crippen molar-refractivity contribution in [1.29, 1.82) is 0 Å². The molecule has 2 nitrogen and oxygen atoms in total. The predicted molar refractivity (Wildman–Crippen MR) is 82.3 cm³/mol. The first-order chi connectivity index (χ1) is 8.95. The molecule has 5 atom stereocenters. The van der Waals surface area contributed by atoms with Crippen molar-refractivity contribution < 1.29 is 9.47 Å². The lowest BCUT2D eigenvalue weighted by molar-refractivity contribution is 0.0511. The van der Waals surface area contributed by atoms with Gasteiger partial charge in [-0.15, -0.1) is 0 Å². The van der Waals surface area contributed by atoms with Crippen LogP contribution in [0.15, 0.2) is 18.2 Å². The van der Waals surface area contributed by atoms with E-state index < -0.39 is 0 Å². The highest BCUT2D eigenvalue weighted by Gasteiger charge is 2.41. The van der Waals surface area contributed by atoms with Crippen molar-refractivity contribution in [2.75, 3.05) is 7.11 Å². The number of ether oxygens (including phenoxy) is 2. The second-order valence-electron chi connectivity index (χ2n) is 5.27. The number of rotatable bonds is 3. The van der Waals surface area contributed by atoms with Crippen LogP contribution in [-0.4, -0.2) is 19.3 Å². The lowest BCUT2D eigenvalue weighted by Crippen LogP contribution is -2.22. The number of alkyl halides is 1. The Balaban J connectivity index is 2.26. The summed E-state index contributed by atoms with van der Waals surface area (Å²) >= 11 is 10.2. The zero-order valence-corrected chi connectivity index (χ0v) is 14.0. The first-order valence-corrected chi connectivity index (χ1v) is 7.88. The Bertz CT molecular complexity index is 452. The molecule has 0 N–H and O–H groups in total. The lowest BCUT2D eigenvalue weighted by atomic mass is 9.84. The quantitative estimate of drug-likeness (QED) is 0.728. The summed E-state index contributed by atoms with van der Waals surface area (Å²) in [6.07, 6.45) is 0.518. The van der Waals surface area contributed by atoms with E-state index in [1.54, 1.807) is 7.11 Å². The molecule has 0 spiro atoms. The Hall–Kier alpha value is -0.250. The Labute approximate surface area is 128 Å². The first-order valence-electron chi connectivity index (χ1n) is 6.58. The molecule has 0 aromatic heterocycles. The molecular formula is C15H20BrClO2. The summed E-state index contributed by atoms with van der Waals surface area (Å²) in [6, 6.07) is 5.84. The molecular weight excluding hydrogens is 328 g/mol. The number of methoxy groups -OCH3 is 1. The van der Waals surface area contributed by atoms with Crippen LogP contribution >= 0.6 is 27.5 Å². The van der Waals surface area contributed by atoms with Crippen molar-refractivity contribution in [1.82, 2.24) is 0 Å². The molecule has 106 valence electrons. The molecule has 2 rings (SSSR count). The molecule has 0 radical (unpaired) electrons. The maximum absolute atomic E-state index is 6.36. The second kappa shape index (κ2) is 6.02. The van der Waals surface area contributed by atoms with Gasteiger partial charge in [0.1, 0.15) is 5.75 Å². The molecule has 1 aliphatic heterocycles. The number of halogens is 2. The highest BCUT2D eigenvalue weighted by molar-refractivity contribution is 9.09. The van der Waals surface area contributed by atoms with Gasteiger partial charge >= 0.3 is 0 Å². The molecule has 1 fully saturated rings. The van der Waals surface area contributed by atoms with E-state index in [-0.39, 0.29) is 17.0 Å². The van der Waals surface area contributed by atoms with E-state index in [2.05, 4.69) is 36.7 Å². The lowest BCUT2D eigenvalue weighted by Gasteiger charge is -2.25. The fourth-order valence-corrected chi connectivity index (χ4v) is 4.59. The Kier molecular flexibility index (Phi) is 4.80. The Morgan fingerprint density at radius 2 is 1.95 bits per heavy atom. The molecule has 5 unspecified atom stereocenters. The van der Waals surface area contributed by atoms with Crippen LogP contribution in [0.2, 0.25) is 5.02 Å². The van der Waals surface area contributed by atoms with Gasteiger partial charge in [0, 0.05) is 15.8 Å². The fourth-order valence-electron chi connectivity index (χ4n) is 2.86. The van der Waals surface area contributed by atoms with E-state index in [1.807, 2.05) is 18.2 Å². The molecule has 0 aliphatic carbocycles. The molecule has 1 aromatic carbocycles. The zero-order valence-electron chi connectivity index (χ0n) is 11.7. The third kappa shape index (κ3) is 2.93. The highest BCUT2D eigenvalue weighted by atomic mass is 79.9. The number of hydrogen-bond donors (Lipinski definition) is 0. The van der Waals surface area contributed by atoms with E-state index in [9.17, 15) is 0 Å². The Morgan fingerprint density at radius 1 is 1.26 bits per heavy atom. The average molecular weight is 348 g/mol. The van der Waals surface area contributed by atoms with Gasteiger partial charge < -0.3 is 9.47 Å². The summed E-state index contributed by atoms with van der Waals surface area (Å²) in [6.45, 7) is 6.51. The van der Waals surface area contributed by atoms with Gasteiger partial charge in [0.15, 0.2) is 0 Å². The van der Waals surface area contributed by atoms with Gasteiger partial charge in [-0.05, 0) is 37.5 Å². The van der Waals surface area contributed by atoms with Crippen LogP contribution in [-0.2, 0) is 4.74 Å². The van der Waals surface area contributed by atoms with Gasteiger partial charge in [-0.25, -0.2) is 0 Å². The van der Waals surface area contributed by atoms with Crippen molar-refractivity contribution in [3.05, 3.63) is 28.8 Å². The Morgan fingerprint density at radius 3 is 2.42 bits per heavy atom. The number of hydrogen-bond acceptors (Lipinski definition) is 2. The van der Waals surface area contributed by atoms with Crippen LogP contribution in [0.1, 0.15) is 31.2 Å². The minimum Gasteiger partial charge on any atom is -0.497 e. The van der Waals surface area contributed by atoms with E-state index in [4.69, 9.17) is 21.1 Å². The van der Waals surface area contributed by atoms with Crippen LogP contribution in [0, 0.1) is 11.8 Å². The topological polar surface area (TPSA) is 18.5 Å². The summed E-state index contributed by atoms with van der Waals surface area (Å²) in [7, 11) is 1.65. The standard InChI is InChI=1S/C15H20BrClO2/c1-8-9(2)19-10(3)14(8)15(16)12-6-5-11(18-4)7-13(12)17/h5-10,14-15H,1-4H3. The summed E-state index contributed by atoms with van der Waals surface area (Å²) in [5, 5.41) is 0.736. The van der Waals surface area contributed by atoms with Gasteiger partial charge in [-0.1, -0.05) is 40.5 Å². The number of benzene rings is 1. The summed E-state index contributed by atoms with van der Waals surface area (Å²) < 4.78 is 11.1. The minimum absolute atomic E-state index is 0.195. The van der Waals surface area contributed by atoms with Crippen molar-refractivity contribution in [3.63, 3.8) is 0 Å².